The molecule has 0 saturated carbocycles. The van der Waals surface area contributed by atoms with E-state index in [1.807, 2.05) is 6.07 Å². The van der Waals surface area contributed by atoms with E-state index in [9.17, 15) is 4.79 Å². The molecule has 6 nitrogen and oxygen atoms in total. The number of hydrogen-bond donors (Lipinski definition) is 3. The number of nitrogen functional groups attached to an aromatic ring is 1. The highest BCUT2D eigenvalue weighted by molar-refractivity contribution is 5.65. The van der Waals surface area contributed by atoms with Crippen LogP contribution in [0.25, 0.3) is 0 Å². The van der Waals surface area contributed by atoms with Crippen molar-refractivity contribution in [1.82, 2.24) is 9.88 Å². The molecule has 0 radical (unpaired) electrons. The van der Waals surface area contributed by atoms with Crippen LogP contribution in [0.4, 0.5) is 10.6 Å². The standard InChI is InChI=1S/C13H18N4O2/c14-16-11-2-1-9-7-13(8-10(9)15-11)3-5-17(6-4-13)12(18)19/h1-2H,3-8,14H2,(H,15,16)(H,18,19). The van der Waals surface area contributed by atoms with E-state index in [0.29, 0.717) is 18.9 Å². The Bertz CT molecular complexity index is 509. The van der Waals surface area contributed by atoms with E-state index in [0.717, 1.165) is 31.4 Å². The third kappa shape index (κ3) is 2.12. The Hall–Kier alpha value is -1.82. The number of carboxylic acid groups (broad SMARTS) is 1. The largest absolute Gasteiger partial charge is 0.465 e. The molecule has 2 aliphatic rings. The van der Waals surface area contributed by atoms with Crippen LogP contribution in [0.1, 0.15) is 24.1 Å². The molecular formula is C13H18N4O2. The summed E-state index contributed by atoms with van der Waals surface area (Å²) in [4.78, 5) is 17.0. The summed E-state index contributed by atoms with van der Waals surface area (Å²) < 4.78 is 0. The number of amides is 1. The van der Waals surface area contributed by atoms with Crippen LogP contribution in [-0.4, -0.2) is 34.2 Å². The Kier molecular flexibility index (Phi) is 2.82. The lowest BCUT2D eigenvalue weighted by Gasteiger charge is -2.37. The highest BCUT2D eigenvalue weighted by Gasteiger charge is 2.41. The Morgan fingerprint density at radius 2 is 2.11 bits per heavy atom. The fraction of sp³-hybridized carbons (Fsp3) is 0.538. The number of hydrogen-bond acceptors (Lipinski definition) is 4. The lowest BCUT2D eigenvalue weighted by molar-refractivity contribution is 0.0936. The van der Waals surface area contributed by atoms with E-state index in [2.05, 4.69) is 16.5 Å². The zero-order valence-electron chi connectivity index (χ0n) is 10.7. The highest BCUT2D eigenvalue weighted by atomic mass is 16.4. The van der Waals surface area contributed by atoms with Gasteiger partial charge in [-0.2, -0.15) is 0 Å². The second-order valence-corrected chi connectivity index (χ2v) is 5.57. The molecule has 2 heterocycles. The van der Waals surface area contributed by atoms with Gasteiger partial charge in [-0.05, 0) is 42.7 Å². The second kappa shape index (κ2) is 4.38. The number of aromatic nitrogens is 1. The van der Waals surface area contributed by atoms with Crippen LogP contribution in [0.15, 0.2) is 12.1 Å². The van der Waals surface area contributed by atoms with Crippen molar-refractivity contribution in [1.29, 1.82) is 0 Å². The minimum Gasteiger partial charge on any atom is -0.465 e. The fourth-order valence-corrected chi connectivity index (χ4v) is 3.27. The summed E-state index contributed by atoms with van der Waals surface area (Å²) in [7, 11) is 0. The van der Waals surface area contributed by atoms with Gasteiger partial charge in [0, 0.05) is 18.8 Å². The third-order valence-electron chi connectivity index (χ3n) is 4.42. The molecule has 0 aromatic carbocycles. The lowest BCUT2D eigenvalue weighted by Crippen LogP contribution is -2.43. The Labute approximate surface area is 111 Å². The number of nitrogens with two attached hydrogens (primary N) is 1. The first-order valence-corrected chi connectivity index (χ1v) is 6.55. The number of fused-ring (bicyclic) bond motifs is 1. The zero-order valence-corrected chi connectivity index (χ0v) is 10.7. The van der Waals surface area contributed by atoms with E-state index in [1.54, 1.807) is 0 Å². The number of nitrogens with one attached hydrogen (secondary N) is 1. The SMILES string of the molecule is NNc1ccc2c(n1)CC1(CCN(C(=O)O)CC1)C2. The summed E-state index contributed by atoms with van der Waals surface area (Å²) in [5.41, 5.74) is 5.17. The number of rotatable bonds is 1. The first-order chi connectivity index (χ1) is 9.12. The molecule has 3 rings (SSSR count). The molecule has 0 atom stereocenters. The number of anilines is 1. The minimum atomic E-state index is -0.807. The van der Waals surface area contributed by atoms with Gasteiger partial charge in [-0.25, -0.2) is 15.6 Å². The average molecular weight is 262 g/mol. The Morgan fingerprint density at radius 3 is 2.74 bits per heavy atom. The van der Waals surface area contributed by atoms with Gasteiger partial charge in [-0.3, -0.25) is 0 Å². The van der Waals surface area contributed by atoms with Crippen molar-refractivity contribution in [2.45, 2.75) is 25.7 Å². The molecule has 1 aromatic heterocycles. The summed E-state index contributed by atoms with van der Waals surface area (Å²) in [5, 5.41) is 9.00. The van der Waals surface area contributed by atoms with Crippen molar-refractivity contribution < 1.29 is 9.90 Å². The van der Waals surface area contributed by atoms with Crippen molar-refractivity contribution in [2.24, 2.45) is 11.3 Å². The number of nitrogens with zero attached hydrogens (tertiary/aromatic N) is 2. The number of pyridine rings is 1. The van der Waals surface area contributed by atoms with E-state index in [-0.39, 0.29) is 5.41 Å². The van der Waals surface area contributed by atoms with Crippen LogP contribution in [0.5, 0.6) is 0 Å². The maximum absolute atomic E-state index is 11.0. The van der Waals surface area contributed by atoms with E-state index in [1.165, 1.54) is 10.5 Å². The first kappa shape index (κ1) is 12.2. The molecule has 1 fully saturated rings. The van der Waals surface area contributed by atoms with Gasteiger partial charge >= 0.3 is 6.09 Å². The minimum absolute atomic E-state index is 0.203. The maximum Gasteiger partial charge on any atom is 0.407 e. The molecule has 4 N–H and O–H groups in total. The van der Waals surface area contributed by atoms with Crippen LogP contribution in [0.3, 0.4) is 0 Å². The van der Waals surface area contributed by atoms with E-state index >= 15 is 0 Å². The molecule has 102 valence electrons. The van der Waals surface area contributed by atoms with Crippen LogP contribution in [0, 0.1) is 5.41 Å². The Balaban J connectivity index is 1.75. The zero-order chi connectivity index (χ0) is 13.5. The summed E-state index contributed by atoms with van der Waals surface area (Å²) in [5.74, 6) is 6.07. The molecule has 1 amide bonds. The molecule has 19 heavy (non-hydrogen) atoms. The van der Waals surface area contributed by atoms with E-state index < -0.39 is 6.09 Å². The molecule has 1 aliphatic carbocycles. The van der Waals surface area contributed by atoms with Gasteiger partial charge in [0.15, 0.2) is 0 Å². The van der Waals surface area contributed by atoms with Crippen molar-refractivity contribution in [3.8, 4) is 0 Å². The first-order valence-electron chi connectivity index (χ1n) is 6.55. The molecule has 6 heteroatoms. The van der Waals surface area contributed by atoms with Gasteiger partial charge < -0.3 is 15.4 Å². The maximum atomic E-state index is 11.0. The quantitative estimate of drug-likeness (QED) is 0.523. The predicted molar refractivity (Wildman–Crippen MR) is 70.7 cm³/mol. The fourth-order valence-electron chi connectivity index (χ4n) is 3.27. The molecule has 1 saturated heterocycles. The molecule has 0 unspecified atom stereocenters. The lowest BCUT2D eigenvalue weighted by atomic mass is 9.76. The molecule has 0 bridgehead atoms. The number of likely N-dealkylation sites (tertiary alicyclic amines) is 1. The number of carbonyl (C=O) groups is 1. The summed E-state index contributed by atoms with van der Waals surface area (Å²) in [6.07, 6.45) is 2.97. The molecule has 1 aromatic rings. The molecular weight excluding hydrogens is 244 g/mol. The predicted octanol–water partition coefficient (Wildman–Crippen LogP) is 1.23. The van der Waals surface area contributed by atoms with Gasteiger partial charge in [-0.15, -0.1) is 0 Å². The van der Waals surface area contributed by atoms with Crippen molar-refractivity contribution in [2.75, 3.05) is 18.5 Å². The summed E-state index contributed by atoms with van der Waals surface area (Å²) in [6.45, 7) is 1.26. The van der Waals surface area contributed by atoms with Crippen LogP contribution >= 0.6 is 0 Å². The monoisotopic (exact) mass is 262 g/mol. The van der Waals surface area contributed by atoms with Crippen LogP contribution < -0.4 is 11.3 Å². The Morgan fingerprint density at radius 1 is 1.37 bits per heavy atom. The van der Waals surface area contributed by atoms with Gasteiger partial charge in [0.2, 0.25) is 0 Å². The molecule has 1 aliphatic heterocycles. The smallest absolute Gasteiger partial charge is 0.407 e. The van der Waals surface area contributed by atoms with Crippen molar-refractivity contribution >= 4 is 11.9 Å². The van der Waals surface area contributed by atoms with Gasteiger partial charge in [0.1, 0.15) is 5.82 Å². The topological polar surface area (TPSA) is 91.5 Å². The number of piperidine rings is 1. The van der Waals surface area contributed by atoms with Crippen molar-refractivity contribution in [3.05, 3.63) is 23.4 Å². The van der Waals surface area contributed by atoms with Crippen LogP contribution in [0.2, 0.25) is 0 Å². The highest BCUT2D eigenvalue weighted by Crippen LogP contribution is 2.44. The number of hydrazine groups is 1. The van der Waals surface area contributed by atoms with Gasteiger partial charge in [0.05, 0.1) is 0 Å². The third-order valence-corrected chi connectivity index (χ3v) is 4.42. The van der Waals surface area contributed by atoms with Gasteiger partial charge in [0.25, 0.3) is 0 Å². The van der Waals surface area contributed by atoms with Crippen molar-refractivity contribution in [3.63, 3.8) is 0 Å². The normalized spacial score (nSPS) is 20.4. The average Bonchev–Trinajstić information content (AvgIpc) is 2.75. The summed E-state index contributed by atoms with van der Waals surface area (Å²) in [6, 6.07) is 3.97. The van der Waals surface area contributed by atoms with Gasteiger partial charge in [-0.1, -0.05) is 6.07 Å². The summed E-state index contributed by atoms with van der Waals surface area (Å²) >= 11 is 0. The van der Waals surface area contributed by atoms with E-state index in [4.69, 9.17) is 10.9 Å². The molecule has 1 spiro atoms. The van der Waals surface area contributed by atoms with Crippen LogP contribution in [-0.2, 0) is 12.8 Å². The second-order valence-electron chi connectivity index (χ2n) is 5.57.